The number of fused-ring (bicyclic) bond motifs is 1. The molecule has 2 aliphatic rings. The van der Waals surface area contributed by atoms with Gasteiger partial charge >= 0.3 is 0 Å². The minimum Gasteiger partial charge on any atom is -0.393 e. The van der Waals surface area contributed by atoms with Gasteiger partial charge in [-0.3, -0.25) is 4.79 Å². The van der Waals surface area contributed by atoms with Crippen LogP contribution in [-0.4, -0.2) is 17.0 Å². The third kappa shape index (κ3) is 1.31. The highest BCUT2D eigenvalue weighted by molar-refractivity contribution is 5.91. The van der Waals surface area contributed by atoms with Crippen LogP contribution in [-0.2, 0) is 4.79 Å². The van der Waals surface area contributed by atoms with Crippen molar-refractivity contribution in [3.05, 3.63) is 11.6 Å². The first-order valence-corrected chi connectivity index (χ1v) is 4.69. The van der Waals surface area contributed by atoms with E-state index in [1.165, 1.54) is 5.57 Å². The van der Waals surface area contributed by atoms with Gasteiger partial charge in [-0.05, 0) is 31.8 Å². The van der Waals surface area contributed by atoms with Gasteiger partial charge in [0.05, 0.1) is 6.10 Å². The number of allylic oxidation sites excluding steroid dienone is 1. The molecule has 0 bridgehead atoms. The molecule has 1 fully saturated rings. The SMILES string of the molecule is O=C1C=C2CCCC(O)C2CC1. The zero-order valence-electron chi connectivity index (χ0n) is 7.12. The second kappa shape index (κ2) is 3.02. The molecule has 2 unspecified atom stereocenters. The fourth-order valence-corrected chi connectivity index (χ4v) is 2.28. The number of carbonyl (C=O) groups is 1. The number of hydrogen-bond acceptors (Lipinski definition) is 2. The average Bonchev–Trinajstić information content (AvgIpc) is 2.04. The van der Waals surface area contributed by atoms with Crippen molar-refractivity contribution in [3.8, 4) is 0 Å². The smallest absolute Gasteiger partial charge is 0.155 e. The molecule has 1 N–H and O–H groups in total. The molecule has 12 heavy (non-hydrogen) atoms. The Morgan fingerprint density at radius 1 is 1.33 bits per heavy atom. The van der Waals surface area contributed by atoms with Gasteiger partial charge in [-0.1, -0.05) is 5.57 Å². The Morgan fingerprint density at radius 2 is 2.17 bits per heavy atom. The molecule has 0 saturated heterocycles. The van der Waals surface area contributed by atoms with Gasteiger partial charge in [0.1, 0.15) is 0 Å². The van der Waals surface area contributed by atoms with Crippen LogP contribution in [0.1, 0.15) is 32.1 Å². The molecule has 0 heterocycles. The van der Waals surface area contributed by atoms with E-state index in [1.54, 1.807) is 6.08 Å². The Bertz CT molecular complexity index is 230. The monoisotopic (exact) mass is 166 g/mol. The van der Waals surface area contributed by atoms with Crippen LogP contribution in [0.25, 0.3) is 0 Å². The van der Waals surface area contributed by atoms with E-state index in [4.69, 9.17) is 0 Å². The van der Waals surface area contributed by atoms with Crippen molar-refractivity contribution in [2.24, 2.45) is 5.92 Å². The van der Waals surface area contributed by atoms with Gasteiger partial charge in [-0.15, -0.1) is 0 Å². The molecule has 0 amide bonds. The quantitative estimate of drug-likeness (QED) is 0.591. The highest BCUT2D eigenvalue weighted by Crippen LogP contribution is 2.35. The Kier molecular flexibility index (Phi) is 2.01. The maximum atomic E-state index is 11.1. The van der Waals surface area contributed by atoms with E-state index in [0.29, 0.717) is 12.3 Å². The molecule has 0 aromatic rings. The standard InChI is InChI=1S/C10H14O2/c11-8-4-5-9-7(6-8)2-1-3-10(9)12/h6,9-10,12H,1-5H2. The lowest BCUT2D eigenvalue weighted by Crippen LogP contribution is -2.29. The van der Waals surface area contributed by atoms with Gasteiger partial charge in [0.2, 0.25) is 0 Å². The summed E-state index contributed by atoms with van der Waals surface area (Å²) >= 11 is 0. The van der Waals surface area contributed by atoms with Crippen LogP contribution in [0.3, 0.4) is 0 Å². The predicted molar refractivity (Wildman–Crippen MR) is 45.7 cm³/mol. The lowest BCUT2D eigenvalue weighted by atomic mass is 9.76. The summed E-state index contributed by atoms with van der Waals surface area (Å²) in [4.78, 5) is 11.1. The van der Waals surface area contributed by atoms with E-state index < -0.39 is 0 Å². The molecule has 2 aliphatic carbocycles. The molecule has 2 heteroatoms. The molecule has 0 radical (unpaired) electrons. The topological polar surface area (TPSA) is 37.3 Å². The van der Waals surface area contributed by atoms with Crippen molar-refractivity contribution in [2.75, 3.05) is 0 Å². The zero-order valence-corrected chi connectivity index (χ0v) is 7.12. The largest absolute Gasteiger partial charge is 0.393 e. The van der Waals surface area contributed by atoms with Crippen LogP contribution >= 0.6 is 0 Å². The molecule has 2 atom stereocenters. The highest BCUT2D eigenvalue weighted by Gasteiger charge is 2.30. The van der Waals surface area contributed by atoms with Crippen LogP contribution in [0, 0.1) is 5.92 Å². The summed E-state index contributed by atoms with van der Waals surface area (Å²) in [6.07, 6.45) is 6.05. The first kappa shape index (κ1) is 7.99. The van der Waals surface area contributed by atoms with Gasteiger partial charge in [-0.2, -0.15) is 0 Å². The Labute approximate surface area is 72.3 Å². The number of aliphatic hydroxyl groups excluding tert-OH is 1. The molecule has 2 nitrogen and oxygen atoms in total. The minimum atomic E-state index is -0.182. The van der Waals surface area contributed by atoms with Crippen molar-refractivity contribution >= 4 is 5.78 Å². The van der Waals surface area contributed by atoms with E-state index in [0.717, 1.165) is 25.7 Å². The van der Waals surface area contributed by atoms with Crippen LogP contribution in [0.4, 0.5) is 0 Å². The lowest BCUT2D eigenvalue weighted by Gasteiger charge is -2.32. The maximum Gasteiger partial charge on any atom is 0.155 e. The van der Waals surface area contributed by atoms with E-state index in [9.17, 15) is 9.90 Å². The number of carbonyl (C=O) groups excluding carboxylic acids is 1. The van der Waals surface area contributed by atoms with Crippen molar-refractivity contribution < 1.29 is 9.90 Å². The third-order valence-electron chi connectivity index (χ3n) is 2.95. The predicted octanol–water partition coefficient (Wildman–Crippen LogP) is 1.44. The third-order valence-corrected chi connectivity index (χ3v) is 2.95. The van der Waals surface area contributed by atoms with Crippen molar-refractivity contribution in [1.82, 2.24) is 0 Å². The van der Waals surface area contributed by atoms with Gasteiger partial charge in [0.15, 0.2) is 5.78 Å². The van der Waals surface area contributed by atoms with Crippen LogP contribution in [0.15, 0.2) is 11.6 Å². The summed E-state index contributed by atoms with van der Waals surface area (Å²) in [5, 5.41) is 9.64. The lowest BCUT2D eigenvalue weighted by molar-refractivity contribution is -0.115. The molecular formula is C10H14O2. The van der Waals surface area contributed by atoms with Crippen LogP contribution in [0.2, 0.25) is 0 Å². The number of hydrogen-bond donors (Lipinski definition) is 1. The molecule has 0 aliphatic heterocycles. The van der Waals surface area contributed by atoms with Gasteiger partial charge < -0.3 is 5.11 Å². The Morgan fingerprint density at radius 3 is 3.00 bits per heavy atom. The Hall–Kier alpha value is -0.630. The highest BCUT2D eigenvalue weighted by atomic mass is 16.3. The molecule has 1 saturated carbocycles. The second-order valence-corrected chi connectivity index (χ2v) is 3.79. The first-order valence-electron chi connectivity index (χ1n) is 4.69. The summed E-state index contributed by atoms with van der Waals surface area (Å²) in [5.74, 6) is 0.548. The molecular weight excluding hydrogens is 152 g/mol. The van der Waals surface area contributed by atoms with E-state index in [2.05, 4.69) is 0 Å². The number of rotatable bonds is 0. The minimum absolute atomic E-state index is 0.182. The second-order valence-electron chi connectivity index (χ2n) is 3.79. The summed E-state index contributed by atoms with van der Waals surface area (Å²) in [7, 11) is 0. The molecule has 0 spiro atoms. The summed E-state index contributed by atoms with van der Waals surface area (Å²) in [6.45, 7) is 0. The normalized spacial score (nSPS) is 35.8. The molecule has 0 aromatic carbocycles. The first-order chi connectivity index (χ1) is 5.77. The fraction of sp³-hybridized carbons (Fsp3) is 0.700. The van der Waals surface area contributed by atoms with Gasteiger partial charge in [0.25, 0.3) is 0 Å². The molecule has 2 rings (SSSR count). The number of aliphatic hydroxyl groups is 1. The summed E-state index contributed by atoms with van der Waals surface area (Å²) < 4.78 is 0. The fourth-order valence-electron chi connectivity index (χ4n) is 2.28. The van der Waals surface area contributed by atoms with Gasteiger partial charge in [-0.25, -0.2) is 0 Å². The van der Waals surface area contributed by atoms with Gasteiger partial charge in [0, 0.05) is 12.3 Å². The zero-order chi connectivity index (χ0) is 8.55. The summed E-state index contributed by atoms with van der Waals surface area (Å²) in [6, 6.07) is 0. The van der Waals surface area contributed by atoms with Crippen LogP contribution < -0.4 is 0 Å². The Balaban J connectivity index is 2.20. The number of ketones is 1. The van der Waals surface area contributed by atoms with Crippen LogP contribution in [0.5, 0.6) is 0 Å². The van der Waals surface area contributed by atoms with Crippen molar-refractivity contribution in [3.63, 3.8) is 0 Å². The van der Waals surface area contributed by atoms with E-state index in [1.807, 2.05) is 0 Å². The van der Waals surface area contributed by atoms with Crippen molar-refractivity contribution in [1.29, 1.82) is 0 Å². The maximum absolute atomic E-state index is 11.1. The van der Waals surface area contributed by atoms with Crippen molar-refractivity contribution in [2.45, 2.75) is 38.2 Å². The average molecular weight is 166 g/mol. The molecule has 0 aromatic heterocycles. The summed E-state index contributed by atoms with van der Waals surface area (Å²) in [5.41, 5.74) is 1.20. The van der Waals surface area contributed by atoms with E-state index in [-0.39, 0.29) is 11.9 Å². The van der Waals surface area contributed by atoms with E-state index >= 15 is 0 Å². The molecule has 66 valence electrons.